The van der Waals surface area contributed by atoms with Crippen LogP contribution in [0.1, 0.15) is 26.4 Å². The zero-order valence-corrected chi connectivity index (χ0v) is 20.0. The molecule has 10 heteroatoms. The smallest absolute Gasteiger partial charge is 0.266 e. The van der Waals surface area contributed by atoms with Gasteiger partial charge in [0.1, 0.15) is 11.8 Å². The Labute approximate surface area is 212 Å². The van der Waals surface area contributed by atoms with E-state index in [1.54, 1.807) is 72.7 Å². The van der Waals surface area contributed by atoms with Crippen molar-refractivity contribution in [3.8, 4) is 23.5 Å². The van der Waals surface area contributed by atoms with E-state index in [0.717, 1.165) is 0 Å². The summed E-state index contributed by atoms with van der Waals surface area (Å²) in [5.41, 5.74) is 1.44. The first-order valence-corrected chi connectivity index (χ1v) is 11.6. The number of para-hydroxylation sites is 1. The molecule has 2 aromatic carbocycles. The van der Waals surface area contributed by atoms with Crippen molar-refractivity contribution < 1.29 is 23.2 Å². The van der Waals surface area contributed by atoms with E-state index in [4.69, 9.17) is 13.6 Å². The lowest BCUT2D eigenvalue weighted by molar-refractivity contribution is 0.0746. The highest BCUT2D eigenvalue weighted by Gasteiger charge is 2.28. The lowest BCUT2D eigenvalue weighted by atomic mass is 10.1. The molecule has 0 radical (unpaired) electrons. The summed E-state index contributed by atoms with van der Waals surface area (Å²) in [5.74, 6) is 1.15. The van der Waals surface area contributed by atoms with Crippen LogP contribution in [0.5, 0.6) is 5.75 Å². The van der Waals surface area contributed by atoms with E-state index < -0.39 is 0 Å². The average molecular weight is 498 g/mol. The first kappa shape index (κ1) is 23.7. The molecule has 10 nitrogen and oxygen atoms in total. The summed E-state index contributed by atoms with van der Waals surface area (Å²) in [6.07, 6.45) is 1.51. The number of furan rings is 1. The number of amides is 2. The van der Waals surface area contributed by atoms with Crippen molar-refractivity contribution >= 4 is 23.4 Å². The van der Waals surface area contributed by atoms with Gasteiger partial charge in [-0.1, -0.05) is 12.1 Å². The van der Waals surface area contributed by atoms with E-state index in [2.05, 4.69) is 16.4 Å². The minimum Gasteiger partial charge on any atom is -0.497 e. The van der Waals surface area contributed by atoms with Crippen molar-refractivity contribution in [2.24, 2.45) is 0 Å². The van der Waals surface area contributed by atoms with E-state index in [1.165, 1.54) is 6.26 Å². The Morgan fingerprint density at radius 2 is 1.78 bits per heavy atom. The number of piperazine rings is 1. The predicted molar refractivity (Wildman–Crippen MR) is 134 cm³/mol. The zero-order chi connectivity index (χ0) is 25.8. The van der Waals surface area contributed by atoms with Gasteiger partial charge >= 0.3 is 0 Å². The summed E-state index contributed by atoms with van der Waals surface area (Å²) < 4.78 is 16.3. The van der Waals surface area contributed by atoms with Gasteiger partial charge in [0, 0.05) is 31.7 Å². The SMILES string of the molecule is COc1ccc(C(=O)Nc2ccccc2C(=O)N2CCN(c3oc(-c4ccco4)nc3C#N)CC2)cc1. The number of ether oxygens (including phenoxy) is 1. The number of nitriles is 1. The summed E-state index contributed by atoms with van der Waals surface area (Å²) in [4.78, 5) is 34.0. The summed E-state index contributed by atoms with van der Waals surface area (Å²) >= 11 is 0. The lowest BCUT2D eigenvalue weighted by Gasteiger charge is -2.34. The number of rotatable bonds is 6. The number of hydrogen-bond acceptors (Lipinski definition) is 8. The Kier molecular flexibility index (Phi) is 6.59. The van der Waals surface area contributed by atoms with Crippen LogP contribution < -0.4 is 15.0 Å². The molecule has 186 valence electrons. The molecular formula is C27H23N5O5. The fourth-order valence-corrected chi connectivity index (χ4v) is 4.10. The number of methoxy groups -OCH3 is 1. The van der Waals surface area contributed by atoms with Gasteiger partial charge in [-0.15, -0.1) is 0 Å². The van der Waals surface area contributed by atoms with Gasteiger partial charge in [-0.05, 0) is 48.5 Å². The molecular weight excluding hydrogens is 474 g/mol. The molecule has 0 unspecified atom stereocenters. The number of hydrogen-bond donors (Lipinski definition) is 1. The van der Waals surface area contributed by atoms with Crippen molar-refractivity contribution in [3.63, 3.8) is 0 Å². The van der Waals surface area contributed by atoms with Crippen molar-refractivity contribution in [2.75, 3.05) is 43.5 Å². The van der Waals surface area contributed by atoms with Crippen LogP contribution in [0.2, 0.25) is 0 Å². The molecule has 1 fully saturated rings. The number of aromatic nitrogens is 1. The van der Waals surface area contributed by atoms with E-state index in [-0.39, 0.29) is 23.4 Å². The van der Waals surface area contributed by atoms with Gasteiger partial charge in [0.15, 0.2) is 5.76 Å². The van der Waals surface area contributed by atoms with E-state index in [9.17, 15) is 14.9 Å². The lowest BCUT2D eigenvalue weighted by Crippen LogP contribution is -2.49. The van der Waals surface area contributed by atoms with Crippen LogP contribution in [0.4, 0.5) is 11.6 Å². The van der Waals surface area contributed by atoms with E-state index >= 15 is 0 Å². The van der Waals surface area contributed by atoms with Crippen molar-refractivity contribution in [2.45, 2.75) is 0 Å². The first-order chi connectivity index (χ1) is 18.1. The minimum absolute atomic E-state index is 0.165. The number of nitrogens with one attached hydrogen (secondary N) is 1. The van der Waals surface area contributed by atoms with Gasteiger partial charge < -0.3 is 28.7 Å². The van der Waals surface area contributed by atoms with Crippen LogP contribution in [0.3, 0.4) is 0 Å². The number of oxazole rings is 1. The standard InChI is InChI=1S/C27H23N5O5/c1-35-19-10-8-18(9-11-19)24(33)29-21-6-3-2-5-20(21)26(34)31-12-14-32(15-13-31)27-22(17-28)30-25(37-27)23-7-4-16-36-23/h2-11,16H,12-15H2,1H3,(H,29,33). The van der Waals surface area contributed by atoms with Crippen LogP contribution in [-0.4, -0.2) is 55.0 Å². The number of benzene rings is 2. The Morgan fingerprint density at radius 1 is 1.03 bits per heavy atom. The monoisotopic (exact) mass is 497 g/mol. The van der Waals surface area contributed by atoms with Gasteiger partial charge in [-0.25, -0.2) is 0 Å². The molecule has 0 saturated carbocycles. The van der Waals surface area contributed by atoms with Crippen LogP contribution in [0.15, 0.2) is 75.8 Å². The topological polar surface area (TPSA) is 125 Å². The van der Waals surface area contributed by atoms with Crippen LogP contribution in [0.25, 0.3) is 11.7 Å². The fraction of sp³-hybridized carbons (Fsp3) is 0.185. The third-order valence-corrected chi connectivity index (χ3v) is 6.06. The predicted octanol–water partition coefficient (Wildman–Crippen LogP) is 4.03. The van der Waals surface area contributed by atoms with Crippen molar-refractivity contribution in [1.29, 1.82) is 5.26 Å². The highest BCUT2D eigenvalue weighted by molar-refractivity contribution is 6.09. The van der Waals surface area contributed by atoms with Crippen molar-refractivity contribution in [3.05, 3.63) is 83.7 Å². The zero-order valence-electron chi connectivity index (χ0n) is 20.0. The molecule has 0 atom stereocenters. The molecule has 4 aromatic rings. The largest absolute Gasteiger partial charge is 0.497 e. The molecule has 37 heavy (non-hydrogen) atoms. The molecule has 1 N–H and O–H groups in total. The van der Waals surface area contributed by atoms with Crippen LogP contribution >= 0.6 is 0 Å². The number of carbonyl (C=O) groups is 2. The molecule has 1 aliphatic rings. The van der Waals surface area contributed by atoms with Gasteiger partial charge in [-0.2, -0.15) is 10.2 Å². The highest BCUT2D eigenvalue weighted by Crippen LogP contribution is 2.29. The molecule has 3 heterocycles. The summed E-state index contributed by atoms with van der Waals surface area (Å²) in [6, 6.07) is 19.1. The Balaban J connectivity index is 1.27. The summed E-state index contributed by atoms with van der Waals surface area (Å²) in [7, 11) is 1.56. The molecule has 1 aliphatic heterocycles. The second-order valence-electron chi connectivity index (χ2n) is 8.27. The number of carbonyl (C=O) groups excluding carboxylic acids is 2. The normalized spacial score (nSPS) is 13.2. The average Bonchev–Trinajstić information content (AvgIpc) is 3.63. The van der Waals surface area contributed by atoms with Gasteiger partial charge in [0.25, 0.3) is 17.7 Å². The third-order valence-electron chi connectivity index (χ3n) is 6.06. The Morgan fingerprint density at radius 3 is 2.46 bits per heavy atom. The van der Waals surface area contributed by atoms with Crippen molar-refractivity contribution in [1.82, 2.24) is 9.88 Å². The molecule has 1 saturated heterocycles. The van der Waals surface area contributed by atoms with Gasteiger partial charge in [0.2, 0.25) is 11.6 Å². The minimum atomic E-state index is -0.325. The van der Waals surface area contributed by atoms with Crippen LogP contribution in [0, 0.1) is 11.3 Å². The second kappa shape index (κ2) is 10.3. The Bertz CT molecular complexity index is 1450. The van der Waals surface area contributed by atoms with E-state index in [0.29, 0.717) is 60.4 Å². The fourth-order valence-electron chi connectivity index (χ4n) is 4.10. The molecule has 0 aliphatic carbocycles. The molecule has 0 spiro atoms. The first-order valence-electron chi connectivity index (χ1n) is 11.6. The van der Waals surface area contributed by atoms with Gasteiger partial charge in [-0.3, -0.25) is 9.59 Å². The van der Waals surface area contributed by atoms with E-state index in [1.807, 2.05) is 4.90 Å². The number of nitrogens with zero attached hydrogens (tertiary/aromatic N) is 4. The molecule has 2 amide bonds. The molecule has 0 bridgehead atoms. The third kappa shape index (κ3) is 4.88. The van der Waals surface area contributed by atoms with Crippen LogP contribution in [-0.2, 0) is 0 Å². The van der Waals surface area contributed by atoms with Gasteiger partial charge in [0.05, 0.1) is 24.6 Å². The quantitative estimate of drug-likeness (QED) is 0.423. The maximum Gasteiger partial charge on any atom is 0.266 e. The molecule has 2 aromatic heterocycles. The molecule has 5 rings (SSSR count). The highest BCUT2D eigenvalue weighted by atomic mass is 16.5. The number of anilines is 2. The summed E-state index contributed by atoms with van der Waals surface area (Å²) in [6.45, 7) is 1.71. The maximum atomic E-state index is 13.4. The Hall–Kier alpha value is -5.04. The second-order valence-corrected chi connectivity index (χ2v) is 8.27. The summed E-state index contributed by atoms with van der Waals surface area (Å²) in [5, 5.41) is 12.4. The maximum absolute atomic E-state index is 13.4.